The molecule has 1 nitrogen and oxygen atoms in total. The van der Waals surface area contributed by atoms with Crippen molar-refractivity contribution in [3.05, 3.63) is 103 Å². The van der Waals surface area contributed by atoms with Crippen molar-refractivity contribution in [1.82, 2.24) is 0 Å². The number of aliphatic hydroxyl groups is 1. The SMILES string of the molecule is CCc1ccc(C(O)Cc2ccc(CCc3ccc(CC)c(Cl)c3)c(Cl)c2)c(Cl)c1. The van der Waals surface area contributed by atoms with E-state index in [2.05, 4.69) is 26.0 Å². The van der Waals surface area contributed by atoms with Crippen LogP contribution in [0.3, 0.4) is 0 Å². The van der Waals surface area contributed by atoms with Crippen molar-refractivity contribution < 1.29 is 5.11 Å². The Morgan fingerprint density at radius 3 is 1.90 bits per heavy atom. The van der Waals surface area contributed by atoms with Gasteiger partial charge in [-0.15, -0.1) is 0 Å². The molecule has 0 amide bonds. The second kappa shape index (κ2) is 10.7. The Morgan fingerprint density at radius 2 is 1.27 bits per heavy atom. The number of halogens is 3. The monoisotopic (exact) mass is 460 g/mol. The molecule has 0 aliphatic rings. The van der Waals surface area contributed by atoms with Gasteiger partial charge in [-0.05, 0) is 77.3 Å². The van der Waals surface area contributed by atoms with Gasteiger partial charge < -0.3 is 5.11 Å². The lowest BCUT2D eigenvalue weighted by Crippen LogP contribution is -2.04. The second-order valence-electron chi connectivity index (χ2n) is 7.63. The third-order valence-corrected chi connectivity index (χ3v) is 6.59. The highest BCUT2D eigenvalue weighted by molar-refractivity contribution is 6.32. The van der Waals surface area contributed by atoms with Gasteiger partial charge in [0.15, 0.2) is 0 Å². The molecule has 0 aromatic heterocycles. The van der Waals surface area contributed by atoms with E-state index in [1.54, 1.807) is 0 Å². The van der Waals surface area contributed by atoms with Crippen molar-refractivity contribution in [3.63, 3.8) is 0 Å². The van der Waals surface area contributed by atoms with Gasteiger partial charge in [0.25, 0.3) is 0 Å². The summed E-state index contributed by atoms with van der Waals surface area (Å²) in [6.07, 6.45) is 3.39. The second-order valence-corrected chi connectivity index (χ2v) is 8.86. The lowest BCUT2D eigenvalue weighted by Gasteiger charge is -2.15. The smallest absolute Gasteiger partial charge is 0.0844 e. The van der Waals surface area contributed by atoms with Crippen molar-refractivity contribution >= 4 is 34.8 Å². The first-order chi connectivity index (χ1) is 14.4. The standard InChI is InChI=1S/C26H27Cl3O/c1-3-17-8-12-22(25(29)13-17)26(30)16-19-7-11-21(24(28)15-19)10-6-18-5-9-20(4-2)23(27)14-18/h5,7-9,11-15,26,30H,3-4,6,10,16H2,1-2H3. The third kappa shape index (κ3) is 5.80. The van der Waals surface area contributed by atoms with Crippen molar-refractivity contribution in [2.45, 2.75) is 52.1 Å². The van der Waals surface area contributed by atoms with Gasteiger partial charge in [-0.2, -0.15) is 0 Å². The van der Waals surface area contributed by atoms with Crippen LogP contribution in [0.2, 0.25) is 15.1 Å². The number of aliphatic hydroxyl groups excluding tert-OH is 1. The maximum absolute atomic E-state index is 10.7. The zero-order chi connectivity index (χ0) is 21.7. The first-order valence-corrected chi connectivity index (χ1v) is 11.6. The summed E-state index contributed by atoms with van der Waals surface area (Å²) in [5.74, 6) is 0. The molecule has 1 atom stereocenters. The molecule has 1 unspecified atom stereocenters. The fourth-order valence-electron chi connectivity index (χ4n) is 3.63. The van der Waals surface area contributed by atoms with Gasteiger partial charge >= 0.3 is 0 Å². The molecule has 0 radical (unpaired) electrons. The molecule has 0 bridgehead atoms. The van der Waals surface area contributed by atoms with Crippen LogP contribution in [0.5, 0.6) is 0 Å². The highest BCUT2D eigenvalue weighted by Crippen LogP contribution is 2.29. The minimum absolute atomic E-state index is 0.472. The summed E-state index contributed by atoms with van der Waals surface area (Å²) >= 11 is 19.2. The third-order valence-electron chi connectivity index (χ3n) is 5.56. The van der Waals surface area contributed by atoms with Crippen LogP contribution in [0.1, 0.15) is 53.3 Å². The van der Waals surface area contributed by atoms with Crippen LogP contribution in [0.4, 0.5) is 0 Å². The highest BCUT2D eigenvalue weighted by Gasteiger charge is 2.14. The van der Waals surface area contributed by atoms with Crippen LogP contribution in [0.15, 0.2) is 54.6 Å². The Balaban J connectivity index is 1.65. The maximum atomic E-state index is 10.7. The highest BCUT2D eigenvalue weighted by atomic mass is 35.5. The maximum Gasteiger partial charge on any atom is 0.0844 e. The Labute approximate surface area is 194 Å². The van der Waals surface area contributed by atoms with Gasteiger partial charge in [0.2, 0.25) is 0 Å². The van der Waals surface area contributed by atoms with Crippen LogP contribution in [-0.4, -0.2) is 5.11 Å². The summed E-state index contributed by atoms with van der Waals surface area (Å²) in [5, 5.41) is 12.8. The minimum Gasteiger partial charge on any atom is -0.388 e. The number of benzene rings is 3. The Morgan fingerprint density at radius 1 is 0.667 bits per heavy atom. The first kappa shape index (κ1) is 23.2. The summed E-state index contributed by atoms with van der Waals surface area (Å²) in [6, 6.07) is 18.2. The molecule has 0 saturated heterocycles. The minimum atomic E-state index is -0.662. The number of hydrogen-bond donors (Lipinski definition) is 1. The van der Waals surface area contributed by atoms with E-state index in [-0.39, 0.29) is 0 Å². The molecular formula is C26H27Cl3O. The van der Waals surface area contributed by atoms with Crippen molar-refractivity contribution in [1.29, 1.82) is 0 Å². The topological polar surface area (TPSA) is 20.2 Å². The van der Waals surface area contributed by atoms with Crippen LogP contribution in [-0.2, 0) is 32.1 Å². The average molecular weight is 462 g/mol. The Bertz CT molecular complexity index is 1010. The van der Waals surface area contributed by atoms with Crippen molar-refractivity contribution in [3.8, 4) is 0 Å². The summed E-state index contributed by atoms with van der Waals surface area (Å²) in [4.78, 5) is 0. The number of aryl methyl sites for hydroxylation is 4. The van der Waals surface area contributed by atoms with Gasteiger partial charge in [-0.25, -0.2) is 0 Å². The number of rotatable bonds is 8. The first-order valence-electron chi connectivity index (χ1n) is 10.4. The Kier molecular flexibility index (Phi) is 8.25. The summed E-state index contributed by atoms with van der Waals surface area (Å²) in [7, 11) is 0. The molecule has 1 N–H and O–H groups in total. The molecule has 0 saturated carbocycles. The van der Waals surface area contributed by atoms with Crippen molar-refractivity contribution in [2.75, 3.05) is 0 Å². The van der Waals surface area contributed by atoms with E-state index < -0.39 is 6.10 Å². The molecule has 3 aromatic carbocycles. The largest absolute Gasteiger partial charge is 0.388 e. The molecule has 0 heterocycles. The molecule has 4 heteroatoms. The van der Waals surface area contributed by atoms with Gasteiger partial charge in [0.05, 0.1) is 6.10 Å². The lowest BCUT2D eigenvalue weighted by molar-refractivity contribution is 0.178. The van der Waals surface area contributed by atoms with Gasteiger partial charge in [-0.3, -0.25) is 0 Å². The van der Waals surface area contributed by atoms with Crippen LogP contribution >= 0.6 is 34.8 Å². The molecule has 0 fully saturated rings. The van der Waals surface area contributed by atoms with E-state index in [1.165, 1.54) is 11.1 Å². The predicted molar refractivity (Wildman–Crippen MR) is 129 cm³/mol. The molecule has 30 heavy (non-hydrogen) atoms. The van der Waals surface area contributed by atoms with Crippen molar-refractivity contribution in [2.24, 2.45) is 0 Å². The summed E-state index contributed by atoms with van der Waals surface area (Å²) in [5.41, 5.74) is 6.37. The van der Waals surface area contributed by atoms with E-state index in [4.69, 9.17) is 34.8 Å². The molecular weight excluding hydrogens is 435 g/mol. The number of hydrogen-bond acceptors (Lipinski definition) is 1. The molecule has 3 rings (SSSR count). The van der Waals surface area contributed by atoms with Crippen LogP contribution in [0, 0.1) is 0 Å². The van der Waals surface area contributed by atoms with Crippen LogP contribution < -0.4 is 0 Å². The predicted octanol–water partition coefficient (Wildman–Crippen LogP) is 7.83. The normalized spacial score (nSPS) is 12.2. The van der Waals surface area contributed by atoms with Gasteiger partial charge in [0, 0.05) is 21.5 Å². The average Bonchev–Trinajstić information content (AvgIpc) is 2.73. The fourth-order valence-corrected chi connectivity index (χ4v) is 4.59. The lowest BCUT2D eigenvalue weighted by atomic mass is 9.97. The van der Waals surface area contributed by atoms with E-state index >= 15 is 0 Å². The molecule has 0 spiro atoms. The molecule has 158 valence electrons. The summed E-state index contributed by atoms with van der Waals surface area (Å²) in [6.45, 7) is 4.19. The summed E-state index contributed by atoms with van der Waals surface area (Å²) < 4.78 is 0. The quantitative estimate of drug-likeness (QED) is 0.362. The Hall–Kier alpha value is -1.51. The molecule has 0 aliphatic heterocycles. The van der Waals surface area contributed by atoms with E-state index in [0.717, 1.165) is 58.0 Å². The zero-order valence-electron chi connectivity index (χ0n) is 17.4. The van der Waals surface area contributed by atoms with Gasteiger partial charge in [-0.1, -0.05) is 85.0 Å². The van der Waals surface area contributed by atoms with Gasteiger partial charge in [0.1, 0.15) is 0 Å². The molecule has 3 aromatic rings. The molecule has 0 aliphatic carbocycles. The fraction of sp³-hybridized carbons (Fsp3) is 0.308. The van der Waals surface area contributed by atoms with Crippen LogP contribution in [0.25, 0.3) is 0 Å². The van der Waals surface area contributed by atoms with E-state index in [1.807, 2.05) is 42.5 Å². The zero-order valence-corrected chi connectivity index (χ0v) is 19.7. The van der Waals surface area contributed by atoms with E-state index in [9.17, 15) is 5.11 Å². The van der Waals surface area contributed by atoms with E-state index in [0.29, 0.717) is 11.4 Å².